The summed E-state index contributed by atoms with van der Waals surface area (Å²) in [5.74, 6) is 0.270. The van der Waals surface area contributed by atoms with Gasteiger partial charge in [0, 0.05) is 27.2 Å². The summed E-state index contributed by atoms with van der Waals surface area (Å²) in [7, 11) is 5.22. The number of aromatic nitrogens is 3. The van der Waals surface area contributed by atoms with Gasteiger partial charge in [-0.15, -0.1) is 0 Å². The molecule has 1 N–H and O–H groups in total. The number of halogens is 1. The molecule has 0 radical (unpaired) electrons. The minimum Gasteiger partial charge on any atom is -0.424 e. The summed E-state index contributed by atoms with van der Waals surface area (Å²) < 4.78 is 18.9. The highest BCUT2D eigenvalue weighted by Crippen LogP contribution is 2.22. The lowest BCUT2D eigenvalue weighted by Crippen LogP contribution is -2.15. The van der Waals surface area contributed by atoms with Crippen LogP contribution in [-0.2, 0) is 0 Å². The molecule has 1 heterocycles. The minimum atomic E-state index is -0.661. The Hall–Kier alpha value is -2.95. The van der Waals surface area contributed by atoms with Crippen molar-refractivity contribution in [2.75, 3.05) is 31.4 Å². The molecule has 0 aliphatic carbocycles. The van der Waals surface area contributed by atoms with Crippen LogP contribution in [-0.4, -0.2) is 36.1 Å². The van der Waals surface area contributed by atoms with Crippen molar-refractivity contribution in [3.63, 3.8) is 0 Å². The van der Waals surface area contributed by atoms with Crippen molar-refractivity contribution >= 4 is 11.9 Å². The molecule has 0 amide bonds. The Labute approximate surface area is 121 Å². The summed E-state index contributed by atoms with van der Waals surface area (Å²) in [4.78, 5) is 14.0. The predicted molar refractivity (Wildman–Crippen MR) is 74.9 cm³/mol. The second-order valence-electron chi connectivity index (χ2n) is 4.24. The van der Waals surface area contributed by atoms with Gasteiger partial charge in [0.15, 0.2) is 0 Å². The lowest BCUT2D eigenvalue weighted by atomic mass is 10.2. The van der Waals surface area contributed by atoms with E-state index in [4.69, 9.17) is 10.00 Å². The van der Waals surface area contributed by atoms with Gasteiger partial charge in [0.1, 0.15) is 17.6 Å². The molecule has 0 saturated heterocycles. The van der Waals surface area contributed by atoms with Crippen LogP contribution in [0.5, 0.6) is 11.8 Å². The average Bonchev–Trinajstić information content (AvgIpc) is 2.47. The number of nitrogens with one attached hydrogen (secondary N) is 1. The zero-order valence-electron chi connectivity index (χ0n) is 11.8. The average molecular weight is 288 g/mol. The lowest BCUT2D eigenvalue weighted by Gasteiger charge is -2.12. The number of hydrogen-bond acceptors (Lipinski definition) is 7. The molecule has 2 rings (SSSR count). The van der Waals surface area contributed by atoms with E-state index in [9.17, 15) is 4.39 Å². The maximum absolute atomic E-state index is 13.5. The van der Waals surface area contributed by atoms with Crippen molar-refractivity contribution in [1.29, 1.82) is 5.26 Å². The summed E-state index contributed by atoms with van der Waals surface area (Å²) in [5.41, 5.74) is -0.0529. The molecule has 108 valence electrons. The first kappa shape index (κ1) is 14.5. The van der Waals surface area contributed by atoms with Crippen LogP contribution in [0.25, 0.3) is 0 Å². The van der Waals surface area contributed by atoms with Gasteiger partial charge in [0.2, 0.25) is 11.9 Å². The van der Waals surface area contributed by atoms with Crippen LogP contribution < -0.4 is 15.0 Å². The molecule has 2 aromatic rings. The van der Waals surface area contributed by atoms with Crippen LogP contribution in [0.3, 0.4) is 0 Å². The fraction of sp³-hybridized carbons (Fsp3) is 0.231. The highest BCUT2D eigenvalue weighted by molar-refractivity contribution is 5.39. The Balaban J connectivity index is 2.33. The zero-order valence-corrected chi connectivity index (χ0v) is 11.8. The summed E-state index contributed by atoms with van der Waals surface area (Å²) in [5, 5.41) is 11.5. The number of nitrogens with zero attached hydrogens (tertiary/aromatic N) is 5. The first-order chi connectivity index (χ1) is 10.0. The van der Waals surface area contributed by atoms with Crippen molar-refractivity contribution in [2.45, 2.75) is 0 Å². The standard InChI is InChI=1S/C13H13FN6O/c1-16-11-17-12(20(2)3)19-13(18-11)21-9-5-4-8(7-15)10(14)6-9/h4-6H,1-3H3,(H,16,17,18,19). The van der Waals surface area contributed by atoms with Crippen molar-refractivity contribution < 1.29 is 9.13 Å². The van der Waals surface area contributed by atoms with Gasteiger partial charge in [-0.1, -0.05) is 0 Å². The first-order valence-corrected chi connectivity index (χ1v) is 6.02. The van der Waals surface area contributed by atoms with E-state index < -0.39 is 5.82 Å². The number of benzene rings is 1. The molecule has 1 aromatic carbocycles. The summed E-state index contributed by atoms with van der Waals surface area (Å²) >= 11 is 0. The third kappa shape index (κ3) is 3.33. The quantitative estimate of drug-likeness (QED) is 0.917. The summed E-state index contributed by atoms with van der Waals surface area (Å²) in [6.45, 7) is 0. The molecular formula is C13H13FN6O. The van der Waals surface area contributed by atoms with Crippen molar-refractivity contribution in [1.82, 2.24) is 15.0 Å². The van der Waals surface area contributed by atoms with Gasteiger partial charge in [0.05, 0.1) is 5.56 Å². The van der Waals surface area contributed by atoms with E-state index in [0.29, 0.717) is 11.9 Å². The van der Waals surface area contributed by atoms with Gasteiger partial charge in [-0.25, -0.2) is 4.39 Å². The van der Waals surface area contributed by atoms with Crippen molar-refractivity contribution in [2.24, 2.45) is 0 Å². The SMILES string of the molecule is CNc1nc(Oc2ccc(C#N)c(F)c2)nc(N(C)C)n1. The fourth-order valence-corrected chi connectivity index (χ4v) is 1.46. The zero-order chi connectivity index (χ0) is 15.4. The number of nitriles is 1. The van der Waals surface area contributed by atoms with E-state index in [1.165, 1.54) is 12.1 Å². The van der Waals surface area contributed by atoms with Crippen LogP contribution in [0.4, 0.5) is 16.3 Å². The monoisotopic (exact) mass is 288 g/mol. The van der Waals surface area contributed by atoms with E-state index in [2.05, 4.69) is 20.3 Å². The van der Waals surface area contributed by atoms with Gasteiger partial charge < -0.3 is 15.0 Å². The van der Waals surface area contributed by atoms with Gasteiger partial charge in [0.25, 0.3) is 0 Å². The first-order valence-electron chi connectivity index (χ1n) is 6.02. The molecular weight excluding hydrogens is 275 g/mol. The molecule has 0 bridgehead atoms. The molecule has 8 heteroatoms. The third-order valence-electron chi connectivity index (χ3n) is 2.50. The second-order valence-corrected chi connectivity index (χ2v) is 4.24. The third-order valence-corrected chi connectivity index (χ3v) is 2.50. The fourth-order valence-electron chi connectivity index (χ4n) is 1.46. The Morgan fingerprint density at radius 1 is 1.29 bits per heavy atom. The van der Waals surface area contributed by atoms with E-state index in [1.807, 2.05) is 0 Å². The Morgan fingerprint density at radius 2 is 2.05 bits per heavy atom. The van der Waals surface area contributed by atoms with E-state index in [-0.39, 0.29) is 17.3 Å². The minimum absolute atomic E-state index is 0.0298. The molecule has 0 spiro atoms. The van der Waals surface area contributed by atoms with E-state index >= 15 is 0 Å². The van der Waals surface area contributed by atoms with Crippen molar-refractivity contribution in [3.05, 3.63) is 29.6 Å². The number of anilines is 2. The molecule has 7 nitrogen and oxygen atoms in total. The Morgan fingerprint density at radius 3 is 2.62 bits per heavy atom. The molecule has 0 aliphatic rings. The smallest absolute Gasteiger partial charge is 0.328 e. The van der Waals surface area contributed by atoms with Crippen LogP contribution in [0.1, 0.15) is 5.56 Å². The van der Waals surface area contributed by atoms with Gasteiger partial charge in [-0.05, 0) is 12.1 Å². The molecule has 0 atom stereocenters. The largest absolute Gasteiger partial charge is 0.424 e. The highest BCUT2D eigenvalue weighted by atomic mass is 19.1. The van der Waals surface area contributed by atoms with Crippen LogP contribution in [0.2, 0.25) is 0 Å². The number of ether oxygens (including phenoxy) is 1. The van der Waals surface area contributed by atoms with Gasteiger partial charge >= 0.3 is 6.01 Å². The highest BCUT2D eigenvalue weighted by Gasteiger charge is 2.10. The molecule has 1 aromatic heterocycles. The van der Waals surface area contributed by atoms with Crippen LogP contribution in [0, 0.1) is 17.1 Å². The maximum atomic E-state index is 13.5. The van der Waals surface area contributed by atoms with E-state index in [0.717, 1.165) is 6.07 Å². The molecule has 0 unspecified atom stereocenters. The van der Waals surface area contributed by atoms with Crippen molar-refractivity contribution in [3.8, 4) is 17.8 Å². The molecule has 0 fully saturated rings. The normalized spacial score (nSPS) is 9.86. The summed E-state index contributed by atoms with van der Waals surface area (Å²) in [6.07, 6.45) is 0. The number of rotatable bonds is 4. The molecule has 0 aliphatic heterocycles. The molecule has 0 saturated carbocycles. The maximum Gasteiger partial charge on any atom is 0.328 e. The Kier molecular flexibility index (Phi) is 4.13. The van der Waals surface area contributed by atoms with Crippen LogP contribution in [0.15, 0.2) is 18.2 Å². The predicted octanol–water partition coefficient (Wildman–Crippen LogP) is 1.78. The van der Waals surface area contributed by atoms with Gasteiger partial charge in [-0.2, -0.15) is 20.2 Å². The van der Waals surface area contributed by atoms with Crippen LogP contribution >= 0.6 is 0 Å². The topological polar surface area (TPSA) is 87.0 Å². The van der Waals surface area contributed by atoms with Gasteiger partial charge in [-0.3, -0.25) is 0 Å². The molecule has 21 heavy (non-hydrogen) atoms. The lowest BCUT2D eigenvalue weighted by molar-refractivity contribution is 0.436. The second kappa shape index (κ2) is 6.00. The van der Waals surface area contributed by atoms with E-state index in [1.54, 1.807) is 32.1 Å². The summed E-state index contributed by atoms with van der Waals surface area (Å²) in [6, 6.07) is 5.68. The number of hydrogen-bond donors (Lipinski definition) is 1. The Bertz CT molecular complexity index is 698.